The van der Waals surface area contributed by atoms with E-state index in [2.05, 4.69) is 0 Å². The maximum atomic E-state index is 10.3. The van der Waals surface area contributed by atoms with Crippen LogP contribution in [0.2, 0.25) is 0 Å². The summed E-state index contributed by atoms with van der Waals surface area (Å²) in [5, 5.41) is 10.3. The Bertz CT molecular complexity index is 285. The van der Waals surface area contributed by atoms with Gasteiger partial charge in [0, 0.05) is 6.04 Å². The Hall–Kier alpha value is -0.860. The molecule has 0 bridgehead atoms. The van der Waals surface area contributed by atoms with Crippen molar-refractivity contribution in [1.29, 1.82) is 0 Å². The summed E-state index contributed by atoms with van der Waals surface area (Å²) in [4.78, 5) is 0. The van der Waals surface area contributed by atoms with Crippen molar-refractivity contribution in [2.45, 2.75) is 30.9 Å². The van der Waals surface area contributed by atoms with Crippen molar-refractivity contribution in [3.63, 3.8) is 0 Å². The molecule has 0 amide bonds. The van der Waals surface area contributed by atoms with Crippen molar-refractivity contribution in [2.24, 2.45) is 5.73 Å². The fraction of sp³-hybridized carbons (Fsp3) is 0.455. The molecule has 2 nitrogen and oxygen atoms in total. The number of rotatable bonds is 1. The zero-order valence-electron chi connectivity index (χ0n) is 7.61. The molecule has 0 spiro atoms. The molecule has 70 valence electrons. The highest BCUT2D eigenvalue weighted by atomic mass is 16.3. The van der Waals surface area contributed by atoms with Gasteiger partial charge in [0.25, 0.3) is 0 Å². The Morgan fingerprint density at radius 1 is 1.31 bits per heavy atom. The van der Waals surface area contributed by atoms with E-state index >= 15 is 0 Å². The van der Waals surface area contributed by atoms with Crippen LogP contribution in [0.1, 0.15) is 24.8 Å². The predicted octanol–water partition coefficient (Wildman–Crippen LogP) is 1.39. The van der Waals surface area contributed by atoms with Crippen LogP contribution in [0.4, 0.5) is 0 Å². The molecule has 0 unspecified atom stereocenters. The number of aliphatic hydroxyl groups is 1. The average molecular weight is 177 g/mol. The number of benzene rings is 1. The van der Waals surface area contributed by atoms with Crippen molar-refractivity contribution in [3.05, 3.63) is 35.9 Å². The van der Waals surface area contributed by atoms with Crippen LogP contribution in [0.3, 0.4) is 0 Å². The first kappa shape index (κ1) is 8.73. The summed E-state index contributed by atoms with van der Waals surface area (Å²) in [6.07, 6.45) is 2.40. The van der Waals surface area contributed by atoms with Crippen LogP contribution in [0.5, 0.6) is 0 Å². The van der Waals surface area contributed by atoms with Crippen molar-refractivity contribution >= 4 is 0 Å². The molecule has 1 aliphatic carbocycles. The van der Waals surface area contributed by atoms with Gasteiger partial charge in [0.15, 0.2) is 0 Å². The average Bonchev–Trinajstić information content (AvgIpc) is 2.49. The zero-order chi connectivity index (χ0) is 9.31. The van der Waals surface area contributed by atoms with E-state index < -0.39 is 5.60 Å². The first-order valence-corrected chi connectivity index (χ1v) is 4.74. The minimum atomic E-state index is -0.666. The van der Waals surface area contributed by atoms with Gasteiger partial charge in [0.05, 0.1) is 5.60 Å². The van der Waals surface area contributed by atoms with Crippen LogP contribution in [0.15, 0.2) is 30.3 Å². The fourth-order valence-corrected chi connectivity index (χ4v) is 2.07. The lowest BCUT2D eigenvalue weighted by Gasteiger charge is -2.22. The summed E-state index contributed by atoms with van der Waals surface area (Å²) in [6.45, 7) is 0. The molecule has 1 aliphatic rings. The Balaban J connectivity index is 2.26. The first-order chi connectivity index (χ1) is 6.21. The van der Waals surface area contributed by atoms with Crippen LogP contribution in [-0.4, -0.2) is 11.1 Å². The molecule has 13 heavy (non-hydrogen) atoms. The molecule has 0 saturated heterocycles. The summed E-state index contributed by atoms with van der Waals surface area (Å²) in [7, 11) is 0. The molecule has 2 rings (SSSR count). The van der Waals surface area contributed by atoms with Crippen LogP contribution >= 0.6 is 0 Å². The van der Waals surface area contributed by atoms with Crippen molar-refractivity contribution < 1.29 is 5.11 Å². The molecule has 3 N–H and O–H groups in total. The van der Waals surface area contributed by atoms with E-state index in [1.165, 1.54) is 0 Å². The van der Waals surface area contributed by atoms with Gasteiger partial charge in [-0.25, -0.2) is 0 Å². The normalized spacial score (nSPS) is 33.5. The second kappa shape index (κ2) is 3.13. The molecule has 1 fully saturated rings. The van der Waals surface area contributed by atoms with Gasteiger partial charge in [-0.1, -0.05) is 30.3 Å². The maximum absolute atomic E-state index is 10.3. The third-order valence-electron chi connectivity index (χ3n) is 2.84. The molecule has 0 aromatic heterocycles. The van der Waals surface area contributed by atoms with Crippen LogP contribution < -0.4 is 5.73 Å². The van der Waals surface area contributed by atoms with E-state index in [1.54, 1.807) is 0 Å². The molecular formula is C11H15NO. The summed E-state index contributed by atoms with van der Waals surface area (Å²) in [5.41, 5.74) is 6.12. The molecule has 1 saturated carbocycles. The van der Waals surface area contributed by atoms with Crippen LogP contribution in [0, 0.1) is 0 Å². The van der Waals surface area contributed by atoms with Gasteiger partial charge in [0.1, 0.15) is 0 Å². The summed E-state index contributed by atoms with van der Waals surface area (Å²) < 4.78 is 0. The van der Waals surface area contributed by atoms with E-state index in [4.69, 9.17) is 5.73 Å². The Morgan fingerprint density at radius 2 is 2.00 bits per heavy atom. The minimum Gasteiger partial charge on any atom is -0.385 e. The largest absolute Gasteiger partial charge is 0.385 e. The molecular weight excluding hydrogens is 162 g/mol. The highest BCUT2D eigenvalue weighted by molar-refractivity contribution is 5.23. The van der Waals surface area contributed by atoms with Gasteiger partial charge in [-0.3, -0.25) is 0 Å². The third-order valence-corrected chi connectivity index (χ3v) is 2.84. The molecule has 2 atom stereocenters. The van der Waals surface area contributed by atoms with E-state index in [0.29, 0.717) is 6.42 Å². The van der Waals surface area contributed by atoms with Crippen LogP contribution in [-0.2, 0) is 5.60 Å². The van der Waals surface area contributed by atoms with Crippen molar-refractivity contribution in [3.8, 4) is 0 Å². The molecule has 0 aliphatic heterocycles. The molecule has 0 heterocycles. The number of hydrogen-bond donors (Lipinski definition) is 2. The van der Waals surface area contributed by atoms with E-state index in [-0.39, 0.29) is 6.04 Å². The van der Waals surface area contributed by atoms with Gasteiger partial charge in [0.2, 0.25) is 0 Å². The van der Waals surface area contributed by atoms with Crippen LogP contribution in [0.25, 0.3) is 0 Å². The van der Waals surface area contributed by atoms with Gasteiger partial charge >= 0.3 is 0 Å². The second-order valence-corrected chi connectivity index (χ2v) is 3.90. The van der Waals surface area contributed by atoms with Gasteiger partial charge in [-0.05, 0) is 24.8 Å². The highest BCUT2D eigenvalue weighted by Gasteiger charge is 2.36. The molecule has 0 radical (unpaired) electrons. The Labute approximate surface area is 78.4 Å². The van der Waals surface area contributed by atoms with E-state index in [0.717, 1.165) is 18.4 Å². The highest BCUT2D eigenvalue weighted by Crippen LogP contribution is 2.37. The van der Waals surface area contributed by atoms with Gasteiger partial charge in [-0.15, -0.1) is 0 Å². The summed E-state index contributed by atoms with van der Waals surface area (Å²) in [5.74, 6) is 0. The monoisotopic (exact) mass is 177 g/mol. The second-order valence-electron chi connectivity index (χ2n) is 3.90. The Morgan fingerprint density at radius 3 is 2.54 bits per heavy atom. The molecule has 2 heteroatoms. The van der Waals surface area contributed by atoms with Gasteiger partial charge < -0.3 is 10.8 Å². The van der Waals surface area contributed by atoms with Crippen molar-refractivity contribution in [1.82, 2.24) is 0 Å². The number of nitrogens with two attached hydrogens (primary N) is 1. The quantitative estimate of drug-likeness (QED) is 0.681. The first-order valence-electron chi connectivity index (χ1n) is 4.74. The van der Waals surface area contributed by atoms with Crippen molar-refractivity contribution in [2.75, 3.05) is 0 Å². The minimum absolute atomic E-state index is 0.158. The van der Waals surface area contributed by atoms with E-state index in [1.807, 2.05) is 30.3 Å². The fourth-order valence-electron chi connectivity index (χ4n) is 2.07. The topological polar surface area (TPSA) is 46.2 Å². The predicted molar refractivity (Wildman–Crippen MR) is 52.2 cm³/mol. The van der Waals surface area contributed by atoms with E-state index in [9.17, 15) is 5.11 Å². The third kappa shape index (κ3) is 1.60. The summed E-state index contributed by atoms with van der Waals surface area (Å²) >= 11 is 0. The SMILES string of the molecule is N[C@@H]1CC[C@@](O)(c2ccccc2)C1. The summed E-state index contributed by atoms with van der Waals surface area (Å²) in [6, 6.07) is 9.97. The lowest BCUT2D eigenvalue weighted by molar-refractivity contribution is 0.0431. The lowest BCUT2D eigenvalue weighted by atomic mass is 9.92. The molecule has 1 aromatic carbocycles. The smallest absolute Gasteiger partial charge is 0.0911 e. The zero-order valence-corrected chi connectivity index (χ0v) is 7.61. The Kier molecular flexibility index (Phi) is 2.10. The number of hydrogen-bond acceptors (Lipinski definition) is 2. The van der Waals surface area contributed by atoms with Gasteiger partial charge in [-0.2, -0.15) is 0 Å². The molecule has 1 aromatic rings. The lowest BCUT2D eigenvalue weighted by Crippen LogP contribution is -2.25. The standard InChI is InChI=1S/C11H15NO/c12-10-6-7-11(13,8-10)9-4-2-1-3-5-9/h1-5,10,13H,6-8,12H2/t10-,11+/m1/s1. The maximum Gasteiger partial charge on any atom is 0.0911 e.